The van der Waals surface area contributed by atoms with Crippen LogP contribution in [0.3, 0.4) is 0 Å². The number of rotatable bonds is 10. The number of nitrogens with zero attached hydrogens (tertiary/aromatic N) is 1. The van der Waals surface area contributed by atoms with Gasteiger partial charge >= 0.3 is 12.0 Å². The van der Waals surface area contributed by atoms with Crippen molar-refractivity contribution < 1.29 is 43.2 Å². The molecule has 0 unspecified atom stereocenters. The van der Waals surface area contributed by atoms with E-state index in [4.69, 9.17) is 35.7 Å². The van der Waals surface area contributed by atoms with Crippen molar-refractivity contribution in [2.75, 3.05) is 31.8 Å². The van der Waals surface area contributed by atoms with Crippen molar-refractivity contribution in [2.45, 2.75) is 13.8 Å². The quantitative estimate of drug-likeness (QED) is 0.358. The van der Waals surface area contributed by atoms with Gasteiger partial charge in [0.15, 0.2) is 18.1 Å². The van der Waals surface area contributed by atoms with Crippen LogP contribution in [0.5, 0.6) is 23.0 Å². The van der Waals surface area contributed by atoms with Gasteiger partial charge in [-0.25, -0.2) is 14.5 Å². The van der Waals surface area contributed by atoms with Crippen LogP contribution in [-0.2, 0) is 14.4 Å². The molecule has 1 saturated heterocycles. The number of carboxylic acids is 1. The SMILES string of the molecule is CCOc1ccc(OCC)c(N2C(=O)NC(=O)/C(=C\c3cc(Cl)c(OCC(=O)O)c(OC)c3)C2=O)c1. The molecule has 0 aromatic heterocycles. The summed E-state index contributed by atoms with van der Waals surface area (Å²) in [5.74, 6) is -2.34. The number of nitrogens with one attached hydrogen (secondary N) is 1. The summed E-state index contributed by atoms with van der Waals surface area (Å²) < 4.78 is 21.4. The molecule has 1 aliphatic rings. The van der Waals surface area contributed by atoms with Gasteiger partial charge in [-0.15, -0.1) is 0 Å². The summed E-state index contributed by atoms with van der Waals surface area (Å²) in [6, 6.07) is 6.47. The minimum absolute atomic E-state index is 0.0119. The van der Waals surface area contributed by atoms with Crippen LogP contribution in [0.25, 0.3) is 6.08 Å². The Morgan fingerprint density at radius 2 is 1.78 bits per heavy atom. The molecule has 2 N–H and O–H groups in total. The second kappa shape index (κ2) is 11.5. The predicted octanol–water partition coefficient (Wildman–Crippen LogP) is 3.28. The number of urea groups is 1. The van der Waals surface area contributed by atoms with Crippen molar-refractivity contribution in [2.24, 2.45) is 0 Å². The highest BCUT2D eigenvalue weighted by molar-refractivity contribution is 6.39. The van der Waals surface area contributed by atoms with E-state index < -0.39 is 30.4 Å². The van der Waals surface area contributed by atoms with Gasteiger partial charge in [0, 0.05) is 6.07 Å². The largest absolute Gasteiger partial charge is 0.494 e. The zero-order valence-corrected chi connectivity index (χ0v) is 20.4. The lowest BCUT2D eigenvalue weighted by atomic mass is 10.1. The van der Waals surface area contributed by atoms with Gasteiger partial charge in [0.1, 0.15) is 17.1 Å². The molecule has 4 amide bonds. The van der Waals surface area contributed by atoms with Gasteiger partial charge in [-0.2, -0.15) is 0 Å². The van der Waals surface area contributed by atoms with Crippen molar-refractivity contribution >= 4 is 47.2 Å². The fourth-order valence-corrected chi connectivity index (χ4v) is 3.62. The van der Waals surface area contributed by atoms with Crippen LogP contribution in [0.4, 0.5) is 10.5 Å². The summed E-state index contributed by atoms with van der Waals surface area (Å²) in [4.78, 5) is 50.3. The molecule has 2 aromatic rings. The smallest absolute Gasteiger partial charge is 0.341 e. The van der Waals surface area contributed by atoms with Crippen molar-refractivity contribution in [3.63, 3.8) is 0 Å². The molecule has 190 valence electrons. The number of carbonyl (C=O) groups is 4. The summed E-state index contributed by atoms with van der Waals surface area (Å²) >= 11 is 6.23. The Labute approximate surface area is 211 Å². The van der Waals surface area contributed by atoms with Crippen LogP contribution >= 0.6 is 11.6 Å². The Hall–Kier alpha value is -4.25. The lowest BCUT2D eigenvalue weighted by molar-refractivity contribution is -0.139. The van der Waals surface area contributed by atoms with Crippen molar-refractivity contribution in [3.05, 3.63) is 46.5 Å². The van der Waals surface area contributed by atoms with Crippen LogP contribution < -0.4 is 29.2 Å². The second-order valence-corrected chi connectivity index (χ2v) is 7.58. The number of carbonyl (C=O) groups excluding carboxylic acids is 3. The first kappa shape index (κ1) is 26.4. The monoisotopic (exact) mass is 518 g/mol. The van der Waals surface area contributed by atoms with E-state index in [0.29, 0.717) is 12.4 Å². The minimum Gasteiger partial charge on any atom is -0.494 e. The zero-order chi connectivity index (χ0) is 26.4. The summed E-state index contributed by atoms with van der Waals surface area (Å²) in [6.45, 7) is 3.49. The van der Waals surface area contributed by atoms with E-state index in [2.05, 4.69) is 5.32 Å². The van der Waals surface area contributed by atoms with Gasteiger partial charge in [-0.3, -0.25) is 14.9 Å². The Kier molecular flexibility index (Phi) is 8.38. The number of halogens is 1. The molecule has 0 atom stereocenters. The molecule has 0 aliphatic carbocycles. The van der Waals surface area contributed by atoms with Gasteiger partial charge in [0.25, 0.3) is 11.8 Å². The first-order chi connectivity index (χ1) is 17.2. The molecule has 1 heterocycles. The Morgan fingerprint density at radius 1 is 1.06 bits per heavy atom. The molecule has 1 fully saturated rings. The second-order valence-electron chi connectivity index (χ2n) is 7.17. The third kappa shape index (κ3) is 5.69. The molecule has 2 aromatic carbocycles. The molecule has 12 heteroatoms. The topological polar surface area (TPSA) is 141 Å². The maximum absolute atomic E-state index is 13.4. The number of amides is 4. The number of anilines is 1. The van der Waals surface area contributed by atoms with Gasteiger partial charge in [0.05, 0.1) is 31.0 Å². The zero-order valence-electron chi connectivity index (χ0n) is 19.6. The highest BCUT2D eigenvalue weighted by Gasteiger charge is 2.38. The van der Waals surface area contributed by atoms with Crippen molar-refractivity contribution in [3.8, 4) is 23.0 Å². The number of barbiturate groups is 1. The molecular formula is C24H23ClN2O9. The van der Waals surface area contributed by atoms with Crippen LogP contribution in [0.2, 0.25) is 5.02 Å². The Bertz CT molecular complexity index is 1240. The molecule has 0 spiro atoms. The summed E-state index contributed by atoms with van der Waals surface area (Å²) in [5.41, 5.74) is -0.00617. The van der Waals surface area contributed by atoms with Crippen LogP contribution in [-0.4, -0.2) is 55.9 Å². The summed E-state index contributed by atoms with van der Waals surface area (Å²) in [7, 11) is 1.32. The molecular weight excluding hydrogens is 496 g/mol. The van der Waals surface area contributed by atoms with Gasteiger partial charge < -0.3 is 24.1 Å². The molecule has 11 nitrogen and oxygen atoms in total. The van der Waals surface area contributed by atoms with Crippen LogP contribution in [0, 0.1) is 0 Å². The lowest BCUT2D eigenvalue weighted by Gasteiger charge is -2.28. The van der Waals surface area contributed by atoms with E-state index in [0.717, 1.165) is 4.90 Å². The van der Waals surface area contributed by atoms with Crippen molar-refractivity contribution in [1.82, 2.24) is 5.32 Å². The van der Waals surface area contributed by atoms with E-state index in [-0.39, 0.29) is 45.7 Å². The van der Waals surface area contributed by atoms with Crippen molar-refractivity contribution in [1.29, 1.82) is 0 Å². The fourth-order valence-electron chi connectivity index (χ4n) is 3.35. The Balaban J connectivity index is 2.05. The molecule has 36 heavy (non-hydrogen) atoms. The minimum atomic E-state index is -1.21. The van der Waals surface area contributed by atoms with E-state index >= 15 is 0 Å². The third-order valence-electron chi connectivity index (χ3n) is 4.79. The highest BCUT2D eigenvalue weighted by Crippen LogP contribution is 2.38. The number of imide groups is 2. The number of aliphatic carboxylic acids is 1. The summed E-state index contributed by atoms with van der Waals surface area (Å²) in [5, 5.41) is 11.0. The maximum atomic E-state index is 13.4. The van der Waals surface area contributed by atoms with Crippen LogP contribution in [0.1, 0.15) is 19.4 Å². The number of hydrogen-bond donors (Lipinski definition) is 2. The van der Waals surface area contributed by atoms with E-state index in [9.17, 15) is 19.2 Å². The van der Waals surface area contributed by atoms with E-state index in [1.807, 2.05) is 0 Å². The number of hydrogen-bond acceptors (Lipinski definition) is 8. The van der Waals surface area contributed by atoms with Gasteiger partial charge in [-0.1, -0.05) is 11.6 Å². The van der Waals surface area contributed by atoms with Gasteiger partial charge in [0.2, 0.25) is 0 Å². The molecule has 0 saturated carbocycles. The predicted molar refractivity (Wildman–Crippen MR) is 129 cm³/mol. The standard InChI is InChI=1S/C24H23ClN2O9/c1-4-34-14-6-7-18(35-5-2)17(11-14)27-23(31)15(22(30)26-24(27)32)8-13-9-16(25)21(19(10-13)33-3)36-12-20(28)29/h6-11H,4-5,12H2,1-3H3,(H,28,29)(H,26,30,32)/b15-8+. The number of benzene rings is 2. The van der Waals surface area contributed by atoms with Gasteiger partial charge in [-0.05, 0) is 49.8 Å². The molecule has 0 bridgehead atoms. The molecule has 3 rings (SSSR count). The highest BCUT2D eigenvalue weighted by atomic mass is 35.5. The van der Waals surface area contributed by atoms with E-state index in [1.165, 1.54) is 31.4 Å². The molecule has 0 radical (unpaired) electrons. The van der Waals surface area contributed by atoms with E-state index in [1.54, 1.807) is 26.0 Å². The normalized spacial score (nSPS) is 14.5. The lowest BCUT2D eigenvalue weighted by Crippen LogP contribution is -2.54. The first-order valence-electron chi connectivity index (χ1n) is 10.7. The first-order valence-corrected chi connectivity index (χ1v) is 11.1. The number of methoxy groups -OCH3 is 1. The van der Waals surface area contributed by atoms with Crippen LogP contribution in [0.15, 0.2) is 35.9 Å². The third-order valence-corrected chi connectivity index (χ3v) is 5.07. The number of ether oxygens (including phenoxy) is 4. The average molecular weight is 519 g/mol. The number of carboxylic acid groups (broad SMARTS) is 1. The Morgan fingerprint density at radius 3 is 2.42 bits per heavy atom. The fraction of sp³-hybridized carbons (Fsp3) is 0.250. The average Bonchev–Trinajstić information content (AvgIpc) is 2.82. The maximum Gasteiger partial charge on any atom is 0.341 e. The summed E-state index contributed by atoms with van der Waals surface area (Å²) in [6.07, 6.45) is 1.22. The molecule has 1 aliphatic heterocycles.